The molecule has 0 aliphatic carbocycles. The maximum atomic E-state index is 12.8. The highest BCUT2D eigenvalue weighted by molar-refractivity contribution is 6.31. The minimum Gasteiger partial charge on any atom is -0.207 e. The van der Waals surface area contributed by atoms with Crippen molar-refractivity contribution in [3.05, 3.63) is 34.6 Å². The van der Waals surface area contributed by atoms with Gasteiger partial charge in [0.2, 0.25) is 0 Å². The molecule has 0 heterocycles. The van der Waals surface area contributed by atoms with Gasteiger partial charge in [-0.2, -0.15) is 0 Å². The van der Waals surface area contributed by atoms with Gasteiger partial charge in [-0.3, -0.25) is 0 Å². The predicted octanol–water partition coefficient (Wildman–Crippen LogP) is 5.46. The molecule has 1 unspecified atom stereocenters. The van der Waals surface area contributed by atoms with E-state index >= 15 is 0 Å². The Morgan fingerprint density at radius 3 is 2.47 bits per heavy atom. The number of benzene rings is 1. The molecule has 0 radical (unpaired) electrons. The van der Waals surface area contributed by atoms with Gasteiger partial charge >= 0.3 is 0 Å². The van der Waals surface area contributed by atoms with Crippen LogP contribution in [0.1, 0.15) is 39.2 Å². The minimum atomic E-state index is -0.288. The topological polar surface area (TPSA) is 0 Å². The third-order valence-electron chi connectivity index (χ3n) is 2.86. The molecule has 1 aromatic rings. The van der Waals surface area contributed by atoms with Gasteiger partial charge in [0.15, 0.2) is 0 Å². The van der Waals surface area contributed by atoms with Crippen LogP contribution in [0.2, 0.25) is 5.02 Å². The van der Waals surface area contributed by atoms with Gasteiger partial charge in [-0.1, -0.05) is 38.4 Å². The zero-order chi connectivity index (χ0) is 13.1. The lowest BCUT2D eigenvalue weighted by Crippen LogP contribution is -2.20. The molecule has 3 heteroatoms. The highest BCUT2D eigenvalue weighted by atomic mass is 35.5. The van der Waals surface area contributed by atoms with Crippen LogP contribution in [0.25, 0.3) is 0 Å². The second kappa shape index (κ2) is 6.06. The summed E-state index contributed by atoms with van der Waals surface area (Å²) in [5, 5.41) is 0.661. The van der Waals surface area contributed by atoms with Crippen LogP contribution in [0.3, 0.4) is 0 Å². The molecule has 0 aliphatic heterocycles. The molecular formula is C14H19Cl2F. The van der Waals surface area contributed by atoms with Gasteiger partial charge in [0, 0.05) is 10.4 Å². The summed E-state index contributed by atoms with van der Waals surface area (Å²) in [6.07, 6.45) is 2.76. The Balaban J connectivity index is 2.46. The molecular weight excluding hydrogens is 258 g/mol. The molecule has 0 spiro atoms. The Labute approximate surface area is 113 Å². The largest absolute Gasteiger partial charge is 0.207 e. The Morgan fingerprint density at radius 2 is 1.94 bits per heavy atom. The van der Waals surface area contributed by atoms with E-state index in [9.17, 15) is 4.39 Å². The van der Waals surface area contributed by atoms with E-state index in [4.69, 9.17) is 23.2 Å². The second-order valence-corrected chi connectivity index (χ2v) is 6.40. The van der Waals surface area contributed by atoms with Crippen molar-refractivity contribution in [3.8, 4) is 0 Å². The SMILES string of the molecule is CC(C)(C)C(Cl)CCCc1ccc(F)cc1Cl. The maximum Gasteiger partial charge on any atom is 0.124 e. The summed E-state index contributed by atoms with van der Waals surface area (Å²) in [5.74, 6) is -0.288. The van der Waals surface area contributed by atoms with Crippen LogP contribution in [-0.2, 0) is 6.42 Å². The molecule has 0 N–H and O–H groups in total. The van der Waals surface area contributed by atoms with Crippen molar-refractivity contribution in [1.29, 1.82) is 0 Å². The standard InChI is InChI=1S/C14H19Cl2F/c1-14(2,3)13(16)6-4-5-10-7-8-11(17)9-12(10)15/h7-9,13H,4-6H2,1-3H3. The molecule has 0 saturated carbocycles. The fourth-order valence-electron chi connectivity index (χ4n) is 1.63. The average molecular weight is 277 g/mol. The number of alkyl halides is 1. The first kappa shape index (κ1) is 14.8. The third kappa shape index (κ3) is 4.85. The summed E-state index contributed by atoms with van der Waals surface area (Å²) < 4.78 is 12.8. The highest BCUT2D eigenvalue weighted by Gasteiger charge is 2.21. The van der Waals surface area contributed by atoms with Gasteiger partial charge in [0.1, 0.15) is 5.82 Å². The summed E-state index contributed by atoms with van der Waals surface area (Å²) >= 11 is 12.3. The van der Waals surface area contributed by atoms with Crippen LogP contribution in [0.15, 0.2) is 18.2 Å². The lowest BCUT2D eigenvalue weighted by molar-refractivity contribution is 0.369. The molecule has 0 aromatic heterocycles. The van der Waals surface area contributed by atoms with Crippen molar-refractivity contribution in [3.63, 3.8) is 0 Å². The van der Waals surface area contributed by atoms with Crippen molar-refractivity contribution in [2.75, 3.05) is 0 Å². The van der Waals surface area contributed by atoms with Crippen molar-refractivity contribution in [2.24, 2.45) is 5.41 Å². The van der Waals surface area contributed by atoms with Gasteiger partial charge in [-0.15, -0.1) is 11.6 Å². The zero-order valence-electron chi connectivity index (χ0n) is 10.6. The third-order valence-corrected chi connectivity index (χ3v) is 4.08. The van der Waals surface area contributed by atoms with Crippen molar-refractivity contribution in [1.82, 2.24) is 0 Å². The van der Waals surface area contributed by atoms with E-state index in [1.54, 1.807) is 6.07 Å². The van der Waals surface area contributed by atoms with E-state index in [0.29, 0.717) is 5.02 Å². The van der Waals surface area contributed by atoms with E-state index in [0.717, 1.165) is 24.8 Å². The molecule has 0 amide bonds. The molecule has 0 bridgehead atoms. The van der Waals surface area contributed by atoms with Crippen LogP contribution in [0, 0.1) is 11.2 Å². The normalized spacial score (nSPS) is 13.8. The van der Waals surface area contributed by atoms with Gasteiger partial charge in [0.05, 0.1) is 0 Å². The monoisotopic (exact) mass is 276 g/mol. The summed E-state index contributed by atoms with van der Waals surface area (Å²) in [7, 11) is 0. The van der Waals surface area contributed by atoms with E-state index in [1.807, 2.05) is 0 Å². The molecule has 0 nitrogen and oxygen atoms in total. The molecule has 1 aromatic carbocycles. The van der Waals surface area contributed by atoms with Gasteiger partial charge in [-0.05, 0) is 42.4 Å². The van der Waals surface area contributed by atoms with E-state index in [-0.39, 0.29) is 16.6 Å². The Kier molecular flexibility index (Phi) is 5.27. The highest BCUT2D eigenvalue weighted by Crippen LogP contribution is 2.29. The maximum absolute atomic E-state index is 12.8. The second-order valence-electron chi connectivity index (χ2n) is 5.46. The molecule has 96 valence electrons. The van der Waals surface area contributed by atoms with Crippen LogP contribution in [0.4, 0.5) is 4.39 Å². The van der Waals surface area contributed by atoms with Gasteiger partial charge in [-0.25, -0.2) is 4.39 Å². The predicted molar refractivity (Wildman–Crippen MR) is 73.4 cm³/mol. The quantitative estimate of drug-likeness (QED) is 0.641. The summed E-state index contributed by atoms with van der Waals surface area (Å²) in [6.45, 7) is 6.40. The molecule has 1 atom stereocenters. The first-order valence-corrected chi connectivity index (χ1v) is 6.70. The van der Waals surface area contributed by atoms with Crippen LogP contribution < -0.4 is 0 Å². The summed E-state index contributed by atoms with van der Waals surface area (Å²) in [6, 6.07) is 4.56. The minimum absolute atomic E-state index is 0.119. The van der Waals surface area contributed by atoms with Crippen molar-refractivity contribution < 1.29 is 4.39 Å². The van der Waals surface area contributed by atoms with Crippen LogP contribution >= 0.6 is 23.2 Å². The first-order chi connectivity index (χ1) is 7.80. The molecule has 0 fully saturated rings. The van der Waals surface area contributed by atoms with E-state index in [2.05, 4.69) is 20.8 Å². The number of hydrogen-bond acceptors (Lipinski definition) is 0. The Hall–Kier alpha value is -0.270. The number of aryl methyl sites for hydroxylation is 1. The molecule has 17 heavy (non-hydrogen) atoms. The average Bonchev–Trinajstić information content (AvgIpc) is 2.19. The van der Waals surface area contributed by atoms with E-state index < -0.39 is 0 Å². The number of halogens is 3. The van der Waals surface area contributed by atoms with E-state index in [1.165, 1.54) is 12.1 Å². The van der Waals surface area contributed by atoms with Gasteiger partial charge in [0.25, 0.3) is 0 Å². The van der Waals surface area contributed by atoms with Crippen LogP contribution in [-0.4, -0.2) is 5.38 Å². The fraction of sp³-hybridized carbons (Fsp3) is 0.571. The summed E-state index contributed by atoms with van der Waals surface area (Å²) in [4.78, 5) is 0. The fourth-order valence-corrected chi connectivity index (χ4v) is 2.05. The van der Waals surface area contributed by atoms with Crippen LogP contribution in [0.5, 0.6) is 0 Å². The van der Waals surface area contributed by atoms with Crippen molar-refractivity contribution >= 4 is 23.2 Å². The lowest BCUT2D eigenvalue weighted by atomic mass is 9.88. The number of rotatable bonds is 4. The smallest absolute Gasteiger partial charge is 0.124 e. The molecule has 0 aliphatic rings. The first-order valence-electron chi connectivity index (χ1n) is 5.88. The Morgan fingerprint density at radius 1 is 1.29 bits per heavy atom. The zero-order valence-corrected chi connectivity index (χ0v) is 12.1. The Bertz CT molecular complexity index is 369. The van der Waals surface area contributed by atoms with Crippen molar-refractivity contribution in [2.45, 2.75) is 45.4 Å². The molecule has 0 saturated heterocycles. The van der Waals surface area contributed by atoms with Gasteiger partial charge < -0.3 is 0 Å². The molecule has 1 rings (SSSR count). The lowest BCUT2D eigenvalue weighted by Gasteiger charge is -2.25. The summed E-state index contributed by atoms with van der Waals surface area (Å²) in [5.41, 5.74) is 1.11. The number of hydrogen-bond donors (Lipinski definition) is 0.